The van der Waals surface area contributed by atoms with E-state index in [4.69, 9.17) is 0 Å². The van der Waals surface area contributed by atoms with E-state index in [-0.39, 0.29) is 11.8 Å². The predicted octanol–water partition coefficient (Wildman–Crippen LogP) is 1.99. The van der Waals surface area contributed by atoms with Crippen molar-refractivity contribution in [1.82, 2.24) is 5.32 Å². The van der Waals surface area contributed by atoms with Gasteiger partial charge < -0.3 is 10.4 Å². The average molecular weight is 225 g/mol. The Morgan fingerprint density at radius 3 is 2.25 bits per heavy atom. The van der Waals surface area contributed by atoms with Crippen LogP contribution in [0.2, 0.25) is 0 Å². The maximum Gasteiger partial charge on any atom is 0.223 e. The monoisotopic (exact) mass is 225 g/mol. The second-order valence-corrected chi connectivity index (χ2v) is 5.48. The number of carbonyl (C=O) groups excluding carboxylic acids is 1. The number of rotatable bonds is 3. The third-order valence-corrected chi connectivity index (χ3v) is 4.10. The summed E-state index contributed by atoms with van der Waals surface area (Å²) in [4.78, 5) is 11.7. The Hall–Kier alpha value is -0.570. The van der Waals surface area contributed by atoms with Crippen molar-refractivity contribution >= 4 is 5.91 Å². The molecule has 0 spiro atoms. The highest BCUT2D eigenvalue weighted by Gasteiger charge is 2.31. The molecule has 2 aliphatic rings. The van der Waals surface area contributed by atoms with E-state index < -0.39 is 5.60 Å². The largest absolute Gasteiger partial charge is 0.388 e. The van der Waals surface area contributed by atoms with Gasteiger partial charge in [-0.25, -0.2) is 0 Å². The predicted molar refractivity (Wildman–Crippen MR) is 63.0 cm³/mol. The molecule has 2 saturated carbocycles. The fourth-order valence-corrected chi connectivity index (χ4v) is 2.63. The second-order valence-electron chi connectivity index (χ2n) is 5.48. The molecule has 2 rings (SSSR count). The third-order valence-electron chi connectivity index (χ3n) is 4.10. The Morgan fingerprint density at radius 2 is 1.75 bits per heavy atom. The van der Waals surface area contributed by atoms with Crippen molar-refractivity contribution < 1.29 is 9.90 Å². The van der Waals surface area contributed by atoms with Crippen molar-refractivity contribution in [2.24, 2.45) is 5.92 Å². The minimum atomic E-state index is -0.629. The smallest absolute Gasteiger partial charge is 0.223 e. The first kappa shape index (κ1) is 11.9. The first-order chi connectivity index (χ1) is 7.70. The fraction of sp³-hybridized carbons (Fsp3) is 0.923. The summed E-state index contributed by atoms with van der Waals surface area (Å²) >= 11 is 0. The van der Waals surface area contributed by atoms with E-state index in [0.29, 0.717) is 6.54 Å². The van der Waals surface area contributed by atoms with E-state index in [0.717, 1.165) is 38.5 Å². The van der Waals surface area contributed by atoms with Crippen LogP contribution in [0.4, 0.5) is 0 Å². The summed E-state index contributed by atoms with van der Waals surface area (Å²) in [5.41, 5.74) is -0.629. The van der Waals surface area contributed by atoms with Gasteiger partial charge in [-0.05, 0) is 25.7 Å². The zero-order valence-corrected chi connectivity index (χ0v) is 10.0. The molecule has 3 heteroatoms. The van der Waals surface area contributed by atoms with Crippen molar-refractivity contribution in [3.05, 3.63) is 0 Å². The minimum absolute atomic E-state index is 0.156. The highest BCUT2D eigenvalue weighted by Crippen LogP contribution is 2.28. The first-order valence-electron chi connectivity index (χ1n) is 6.70. The van der Waals surface area contributed by atoms with Crippen molar-refractivity contribution in [2.45, 2.75) is 63.4 Å². The molecule has 2 aliphatic carbocycles. The van der Waals surface area contributed by atoms with Gasteiger partial charge in [0.1, 0.15) is 0 Å². The SMILES string of the molecule is O=C(NCC1(O)CCCCCC1)C1CCC1. The lowest BCUT2D eigenvalue weighted by molar-refractivity contribution is -0.128. The normalized spacial score (nSPS) is 25.6. The van der Waals surface area contributed by atoms with Crippen LogP contribution in [0.25, 0.3) is 0 Å². The third kappa shape index (κ3) is 2.97. The van der Waals surface area contributed by atoms with Gasteiger partial charge in [0, 0.05) is 12.5 Å². The lowest BCUT2D eigenvalue weighted by atomic mass is 9.84. The summed E-state index contributed by atoms with van der Waals surface area (Å²) in [5, 5.41) is 13.3. The van der Waals surface area contributed by atoms with Crippen molar-refractivity contribution in [3.63, 3.8) is 0 Å². The van der Waals surface area contributed by atoms with Crippen LogP contribution in [-0.4, -0.2) is 23.2 Å². The molecule has 0 atom stereocenters. The summed E-state index contributed by atoms with van der Waals surface area (Å²) in [6.07, 6.45) is 9.57. The quantitative estimate of drug-likeness (QED) is 0.722. The zero-order valence-electron chi connectivity index (χ0n) is 10.0. The summed E-state index contributed by atoms with van der Waals surface area (Å²) in [6.45, 7) is 0.461. The van der Waals surface area contributed by atoms with Crippen LogP contribution in [0.1, 0.15) is 57.8 Å². The molecule has 0 aromatic rings. The Bertz CT molecular complexity index is 240. The van der Waals surface area contributed by atoms with E-state index >= 15 is 0 Å². The van der Waals surface area contributed by atoms with Crippen molar-refractivity contribution in [3.8, 4) is 0 Å². The fourth-order valence-electron chi connectivity index (χ4n) is 2.63. The number of carbonyl (C=O) groups is 1. The Kier molecular flexibility index (Phi) is 3.85. The summed E-state index contributed by atoms with van der Waals surface area (Å²) in [6, 6.07) is 0. The van der Waals surface area contributed by atoms with E-state index in [9.17, 15) is 9.90 Å². The topological polar surface area (TPSA) is 49.3 Å². The van der Waals surface area contributed by atoms with Gasteiger partial charge in [0.25, 0.3) is 0 Å². The highest BCUT2D eigenvalue weighted by atomic mass is 16.3. The van der Waals surface area contributed by atoms with Crippen LogP contribution < -0.4 is 5.32 Å². The standard InChI is InChI=1S/C13H23NO2/c15-12(11-6-5-7-11)14-10-13(16)8-3-1-2-4-9-13/h11,16H,1-10H2,(H,14,15). The highest BCUT2D eigenvalue weighted by molar-refractivity contribution is 5.79. The molecule has 0 bridgehead atoms. The first-order valence-corrected chi connectivity index (χ1v) is 6.70. The number of nitrogens with one attached hydrogen (secondary N) is 1. The molecule has 0 aliphatic heterocycles. The molecule has 2 N–H and O–H groups in total. The lowest BCUT2D eigenvalue weighted by Crippen LogP contribution is -2.45. The number of hydrogen-bond acceptors (Lipinski definition) is 2. The van der Waals surface area contributed by atoms with Gasteiger partial charge in [-0.15, -0.1) is 0 Å². The Balaban J connectivity index is 1.76. The maximum absolute atomic E-state index is 11.7. The molecule has 2 fully saturated rings. The molecule has 92 valence electrons. The summed E-state index contributed by atoms with van der Waals surface area (Å²) in [7, 11) is 0. The van der Waals surface area contributed by atoms with Gasteiger partial charge in [-0.1, -0.05) is 32.1 Å². The average Bonchev–Trinajstić information content (AvgIpc) is 2.38. The summed E-state index contributed by atoms with van der Waals surface area (Å²) < 4.78 is 0. The van der Waals surface area contributed by atoms with Crippen molar-refractivity contribution in [2.75, 3.05) is 6.54 Å². The van der Waals surface area contributed by atoms with E-state index in [1.54, 1.807) is 0 Å². The molecule has 0 heterocycles. The Labute approximate surface area is 97.6 Å². The van der Waals surface area contributed by atoms with Crippen LogP contribution in [0.3, 0.4) is 0 Å². The van der Waals surface area contributed by atoms with Gasteiger partial charge in [0.2, 0.25) is 5.91 Å². The van der Waals surface area contributed by atoms with Gasteiger partial charge in [0.05, 0.1) is 5.60 Å². The molecule has 0 saturated heterocycles. The van der Waals surface area contributed by atoms with E-state index in [1.165, 1.54) is 19.3 Å². The molecule has 3 nitrogen and oxygen atoms in total. The van der Waals surface area contributed by atoms with Crippen LogP contribution in [0.15, 0.2) is 0 Å². The number of amides is 1. The molecular weight excluding hydrogens is 202 g/mol. The van der Waals surface area contributed by atoms with Gasteiger partial charge in [-0.3, -0.25) is 4.79 Å². The molecule has 0 aromatic carbocycles. The van der Waals surface area contributed by atoms with Crippen molar-refractivity contribution in [1.29, 1.82) is 0 Å². The number of aliphatic hydroxyl groups is 1. The zero-order chi connectivity index (χ0) is 11.4. The van der Waals surface area contributed by atoms with E-state index in [1.807, 2.05) is 0 Å². The lowest BCUT2D eigenvalue weighted by Gasteiger charge is -2.30. The van der Waals surface area contributed by atoms with Crippen LogP contribution in [0.5, 0.6) is 0 Å². The molecule has 0 aromatic heterocycles. The number of hydrogen-bond donors (Lipinski definition) is 2. The molecule has 1 amide bonds. The van der Waals surface area contributed by atoms with Crippen LogP contribution >= 0.6 is 0 Å². The van der Waals surface area contributed by atoms with Crippen LogP contribution in [0, 0.1) is 5.92 Å². The van der Waals surface area contributed by atoms with E-state index in [2.05, 4.69) is 5.32 Å². The van der Waals surface area contributed by atoms with Gasteiger partial charge in [0.15, 0.2) is 0 Å². The molecule has 0 unspecified atom stereocenters. The van der Waals surface area contributed by atoms with Gasteiger partial charge in [-0.2, -0.15) is 0 Å². The molecule has 16 heavy (non-hydrogen) atoms. The van der Waals surface area contributed by atoms with Crippen LogP contribution in [-0.2, 0) is 4.79 Å². The molecule has 0 radical (unpaired) electrons. The van der Waals surface area contributed by atoms with Gasteiger partial charge >= 0.3 is 0 Å². The molecular formula is C13H23NO2. The Morgan fingerprint density at radius 1 is 1.12 bits per heavy atom. The maximum atomic E-state index is 11.7. The minimum Gasteiger partial charge on any atom is -0.388 e. The summed E-state index contributed by atoms with van der Waals surface area (Å²) in [5.74, 6) is 0.387. The second kappa shape index (κ2) is 5.17.